The first-order chi connectivity index (χ1) is 9.72. The second-order valence-corrected chi connectivity index (χ2v) is 4.82. The molecule has 2 rings (SSSR count). The molecule has 1 aliphatic rings. The molecule has 2 N–H and O–H groups in total. The molecule has 0 bridgehead atoms. The third-order valence-corrected chi connectivity index (χ3v) is 3.48. The van der Waals surface area contributed by atoms with Gasteiger partial charge in [-0.15, -0.1) is 0 Å². The smallest absolute Gasteiger partial charge is 0.410 e. The molecule has 0 aromatic carbocycles. The molecular weight excluding hydrogens is 260 g/mol. The van der Waals surface area contributed by atoms with E-state index in [0.717, 1.165) is 18.4 Å². The minimum atomic E-state index is -0.431. The summed E-state index contributed by atoms with van der Waals surface area (Å²) in [5.74, 6) is -0.112. The Morgan fingerprint density at radius 3 is 3.10 bits per heavy atom. The first-order valence-electron chi connectivity index (χ1n) is 6.82. The van der Waals surface area contributed by atoms with E-state index in [0.29, 0.717) is 25.9 Å². The van der Waals surface area contributed by atoms with Gasteiger partial charge in [0.15, 0.2) is 0 Å². The molecule has 110 valence electrons. The Morgan fingerprint density at radius 2 is 2.40 bits per heavy atom. The van der Waals surface area contributed by atoms with E-state index in [2.05, 4.69) is 15.5 Å². The van der Waals surface area contributed by atoms with Crippen molar-refractivity contribution in [1.82, 2.24) is 20.4 Å². The number of amides is 2. The summed E-state index contributed by atoms with van der Waals surface area (Å²) in [6.07, 6.45) is 6.36. The minimum Gasteiger partial charge on any atom is -0.453 e. The van der Waals surface area contributed by atoms with Gasteiger partial charge in [0, 0.05) is 19.3 Å². The lowest BCUT2D eigenvalue weighted by Crippen LogP contribution is -2.52. The average molecular weight is 280 g/mol. The molecule has 20 heavy (non-hydrogen) atoms. The number of hydrogen-bond donors (Lipinski definition) is 2. The Bertz CT molecular complexity index is 446. The highest BCUT2D eigenvalue weighted by molar-refractivity contribution is 5.85. The number of carbonyl (C=O) groups excluding carboxylic acids is 2. The summed E-state index contributed by atoms with van der Waals surface area (Å²) in [7, 11) is 1.34. The van der Waals surface area contributed by atoms with Crippen molar-refractivity contribution in [2.24, 2.45) is 0 Å². The van der Waals surface area contributed by atoms with E-state index in [-0.39, 0.29) is 5.91 Å². The van der Waals surface area contributed by atoms with Crippen LogP contribution in [0.1, 0.15) is 24.8 Å². The van der Waals surface area contributed by atoms with Crippen molar-refractivity contribution in [3.8, 4) is 0 Å². The summed E-state index contributed by atoms with van der Waals surface area (Å²) < 4.78 is 4.73. The summed E-state index contributed by atoms with van der Waals surface area (Å²) in [4.78, 5) is 25.3. The molecule has 2 amide bonds. The Labute approximate surface area is 117 Å². The zero-order valence-electron chi connectivity index (χ0n) is 11.6. The number of aromatic amines is 1. The summed E-state index contributed by atoms with van der Waals surface area (Å²) in [5, 5.41) is 9.45. The molecule has 1 unspecified atom stereocenters. The average Bonchev–Trinajstić information content (AvgIpc) is 2.99. The Kier molecular flexibility index (Phi) is 4.97. The van der Waals surface area contributed by atoms with Gasteiger partial charge in [-0.2, -0.15) is 5.10 Å². The second kappa shape index (κ2) is 6.93. The standard InChI is InChI=1S/C13H20N4O3/c1-20-13(19)17-7-3-2-4-11(17)12(18)14-6-5-10-8-15-16-9-10/h8-9,11H,2-7H2,1H3,(H,14,18)(H,15,16). The summed E-state index contributed by atoms with van der Waals surface area (Å²) in [5.41, 5.74) is 1.04. The highest BCUT2D eigenvalue weighted by Gasteiger charge is 2.32. The van der Waals surface area contributed by atoms with E-state index in [1.807, 2.05) is 0 Å². The van der Waals surface area contributed by atoms with E-state index in [4.69, 9.17) is 4.74 Å². The number of hydrogen-bond acceptors (Lipinski definition) is 4. The molecule has 1 saturated heterocycles. The molecule has 1 atom stereocenters. The molecule has 1 aliphatic heterocycles. The number of ether oxygens (including phenoxy) is 1. The lowest BCUT2D eigenvalue weighted by atomic mass is 10.0. The van der Waals surface area contributed by atoms with Crippen LogP contribution >= 0.6 is 0 Å². The molecule has 0 aliphatic carbocycles. The van der Waals surface area contributed by atoms with Crippen LogP contribution in [0.3, 0.4) is 0 Å². The fourth-order valence-corrected chi connectivity index (χ4v) is 2.40. The summed E-state index contributed by atoms with van der Waals surface area (Å²) in [6, 6.07) is -0.416. The monoisotopic (exact) mass is 280 g/mol. The topological polar surface area (TPSA) is 87.3 Å². The van der Waals surface area contributed by atoms with Gasteiger partial charge >= 0.3 is 6.09 Å². The van der Waals surface area contributed by atoms with Crippen LogP contribution in [0.4, 0.5) is 4.79 Å². The largest absolute Gasteiger partial charge is 0.453 e. The van der Waals surface area contributed by atoms with Gasteiger partial charge in [-0.1, -0.05) is 0 Å². The predicted octanol–water partition coefficient (Wildman–Crippen LogP) is 0.689. The zero-order chi connectivity index (χ0) is 14.4. The van der Waals surface area contributed by atoms with Crippen LogP contribution < -0.4 is 5.32 Å². The molecule has 7 heteroatoms. The molecular formula is C13H20N4O3. The maximum atomic E-state index is 12.2. The van der Waals surface area contributed by atoms with E-state index in [1.54, 1.807) is 12.4 Å². The van der Waals surface area contributed by atoms with Gasteiger partial charge in [-0.25, -0.2) is 4.79 Å². The van der Waals surface area contributed by atoms with Crippen LogP contribution in [0, 0.1) is 0 Å². The van der Waals surface area contributed by atoms with Gasteiger partial charge in [0.1, 0.15) is 6.04 Å². The van der Waals surface area contributed by atoms with Crippen LogP contribution in [0.5, 0.6) is 0 Å². The normalized spacial score (nSPS) is 18.6. The summed E-state index contributed by atoms with van der Waals surface area (Å²) >= 11 is 0. The maximum Gasteiger partial charge on any atom is 0.410 e. The third-order valence-electron chi connectivity index (χ3n) is 3.48. The van der Waals surface area contributed by atoms with Crippen molar-refractivity contribution in [2.75, 3.05) is 20.2 Å². The van der Waals surface area contributed by atoms with Crippen molar-refractivity contribution in [3.63, 3.8) is 0 Å². The maximum absolute atomic E-state index is 12.2. The molecule has 1 fully saturated rings. The zero-order valence-corrected chi connectivity index (χ0v) is 11.6. The molecule has 7 nitrogen and oxygen atoms in total. The highest BCUT2D eigenvalue weighted by Crippen LogP contribution is 2.18. The van der Waals surface area contributed by atoms with Crippen LogP contribution in [0.2, 0.25) is 0 Å². The van der Waals surface area contributed by atoms with E-state index in [9.17, 15) is 9.59 Å². The molecule has 0 spiro atoms. The number of likely N-dealkylation sites (tertiary alicyclic amines) is 1. The Morgan fingerprint density at radius 1 is 1.55 bits per heavy atom. The number of methoxy groups -OCH3 is 1. The van der Waals surface area contributed by atoms with E-state index < -0.39 is 12.1 Å². The lowest BCUT2D eigenvalue weighted by Gasteiger charge is -2.33. The predicted molar refractivity (Wildman–Crippen MR) is 72.1 cm³/mol. The van der Waals surface area contributed by atoms with Crippen molar-refractivity contribution in [3.05, 3.63) is 18.0 Å². The van der Waals surface area contributed by atoms with Gasteiger partial charge in [-0.05, 0) is 31.2 Å². The number of rotatable bonds is 4. The van der Waals surface area contributed by atoms with E-state index in [1.165, 1.54) is 12.0 Å². The molecule has 1 aromatic rings. The van der Waals surface area contributed by atoms with Crippen molar-refractivity contribution in [2.45, 2.75) is 31.7 Å². The second-order valence-electron chi connectivity index (χ2n) is 4.82. The highest BCUT2D eigenvalue weighted by atomic mass is 16.5. The van der Waals surface area contributed by atoms with E-state index >= 15 is 0 Å². The van der Waals surface area contributed by atoms with Crippen molar-refractivity contribution >= 4 is 12.0 Å². The SMILES string of the molecule is COC(=O)N1CCCCC1C(=O)NCCc1cn[nH]c1. The van der Waals surface area contributed by atoms with Crippen molar-refractivity contribution in [1.29, 1.82) is 0 Å². The van der Waals surface area contributed by atoms with Gasteiger partial charge < -0.3 is 10.1 Å². The molecule has 1 aromatic heterocycles. The number of nitrogens with one attached hydrogen (secondary N) is 2. The number of aromatic nitrogens is 2. The van der Waals surface area contributed by atoms with Crippen LogP contribution in [-0.2, 0) is 16.0 Å². The fraction of sp³-hybridized carbons (Fsp3) is 0.615. The number of carbonyl (C=O) groups is 2. The first-order valence-corrected chi connectivity index (χ1v) is 6.82. The van der Waals surface area contributed by atoms with Gasteiger partial charge in [-0.3, -0.25) is 14.8 Å². The summed E-state index contributed by atoms with van der Waals surface area (Å²) in [6.45, 7) is 1.11. The quantitative estimate of drug-likeness (QED) is 0.849. The van der Waals surface area contributed by atoms with Gasteiger partial charge in [0.05, 0.1) is 13.3 Å². The van der Waals surface area contributed by atoms with Crippen LogP contribution in [0.25, 0.3) is 0 Å². The lowest BCUT2D eigenvalue weighted by molar-refractivity contribution is -0.126. The first kappa shape index (κ1) is 14.4. The molecule has 0 radical (unpaired) electrons. The van der Waals surface area contributed by atoms with Gasteiger partial charge in [0.2, 0.25) is 5.91 Å². The third kappa shape index (κ3) is 3.49. The number of H-pyrrole nitrogens is 1. The van der Waals surface area contributed by atoms with Crippen LogP contribution in [0.15, 0.2) is 12.4 Å². The Balaban J connectivity index is 1.84. The molecule has 2 heterocycles. The fourth-order valence-electron chi connectivity index (χ4n) is 2.40. The number of piperidine rings is 1. The van der Waals surface area contributed by atoms with Crippen molar-refractivity contribution < 1.29 is 14.3 Å². The minimum absolute atomic E-state index is 0.112. The number of nitrogens with zero attached hydrogens (tertiary/aromatic N) is 2. The molecule has 0 saturated carbocycles. The Hall–Kier alpha value is -2.05. The van der Waals surface area contributed by atoms with Crippen LogP contribution in [-0.4, -0.2) is 53.3 Å². The van der Waals surface area contributed by atoms with Gasteiger partial charge in [0.25, 0.3) is 0 Å².